The van der Waals surface area contributed by atoms with Gasteiger partial charge in [0.25, 0.3) is 0 Å². The highest BCUT2D eigenvalue weighted by atomic mass is 16.3. The molecule has 1 saturated carbocycles. The van der Waals surface area contributed by atoms with Gasteiger partial charge in [-0.25, -0.2) is 0 Å². The van der Waals surface area contributed by atoms with Crippen molar-refractivity contribution >= 4 is 0 Å². The van der Waals surface area contributed by atoms with Gasteiger partial charge in [0, 0.05) is 0 Å². The highest BCUT2D eigenvalue weighted by molar-refractivity contribution is 4.80. The summed E-state index contributed by atoms with van der Waals surface area (Å²) in [6.07, 6.45) is 8.82. The molecule has 1 fully saturated rings. The van der Waals surface area contributed by atoms with Gasteiger partial charge >= 0.3 is 0 Å². The molecule has 0 aromatic carbocycles. The summed E-state index contributed by atoms with van der Waals surface area (Å²) < 4.78 is 0. The molecule has 0 heterocycles. The summed E-state index contributed by atoms with van der Waals surface area (Å²) >= 11 is 0. The maximum absolute atomic E-state index is 9.91. The molecule has 0 aromatic heterocycles. The molecule has 1 N–H and O–H groups in total. The first-order chi connectivity index (χ1) is 6.25. The van der Waals surface area contributed by atoms with Crippen LogP contribution in [-0.2, 0) is 0 Å². The standard InChI is InChI=1S/C12H22O/c1-3-4-5-9-12(13)11-8-6-7-10(11)2/h3,10-13H,1,4-9H2,2H3. The van der Waals surface area contributed by atoms with Crippen molar-refractivity contribution < 1.29 is 5.11 Å². The lowest BCUT2D eigenvalue weighted by atomic mass is 9.89. The minimum atomic E-state index is -0.0579. The van der Waals surface area contributed by atoms with E-state index in [9.17, 15) is 5.11 Å². The van der Waals surface area contributed by atoms with Crippen LogP contribution in [0.4, 0.5) is 0 Å². The van der Waals surface area contributed by atoms with E-state index in [0.717, 1.165) is 25.2 Å². The van der Waals surface area contributed by atoms with Gasteiger partial charge in [0.2, 0.25) is 0 Å². The molecule has 1 rings (SSSR count). The Labute approximate surface area is 81.9 Å². The maximum Gasteiger partial charge on any atom is 0.0571 e. The smallest absolute Gasteiger partial charge is 0.0571 e. The molecule has 0 amide bonds. The average Bonchev–Trinajstić information content (AvgIpc) is 2.52. The van der Waals surface area contributed by atoms with E-state index in [4.69, 9.17) is 0 Å². The molecule has 0 radical (unpaired) electrons. The van der Waals surface area contributed by atoms with Gasteiger partial charge in [-0.2, -0.15) is 0 Å². The Morgan fingerprint density at radius 1 is 1.54 bits per heavy atom. The topological polar surface area (TPSA) is 20.2 Å². The van der Waals surface area contributed by atoms with Crippen LogP contribution in [0.3, 0.4) is 0 Å². The zero-order chi connectivity index (χ0) is 9.68. The molecule has 13 heavy (non-hydrogen) atoms. The van der Waals surface area contributed by atoms with Crippen LogP contribution in [0.5, 0.6) is 0 Å². The Morgan fingerprint density at radius 2 is 2.31 bits per heavy atom. The molecule has 0 aromatic rings. The SMILES string of the molecule is C=CCCCC(O)C1CCCC1C. The monoisotopic (exact) mass is 182 g/mol. The number of rotatable bonds is 5. The predicted molar refractivity (Wildman–Crippen MR) is 56.6 cm³/mol. The molecule has 3 atom stereocenters. The van der Waals surface area contributed by atoms with E-state index in [1.54, 1.807) is 0 Å². The van der Waals surface area contributed by atoms with Crippen molar-refractivity contribution in [1.82, 2.24) is 0 Å². The van der Waals surface area contributed by atoms with Crippen molar-refractivity contribution in [2.75, 3.05) is 0 Å². The number of aliphatic hydroxyl groups excluding tert-OH is 1. The first-order valence-electron chi connectivity index (χ1n) is 5.54. The zero-order valence-corrected chi connectivity index (χ0v) is 8.71. The Hall–Kier alpha value is -0.300. The molecule has 76 valence electrons. The third kappa shape index (κ3) is 3.15. The van der Waals surface area contributed by atoms with Crippen LogP contribution >= 0.6 is 0 Å². The van der Waals surface area contributed by atoms with Crippen LogP contribution in [0.2, 0.25) is 0 Å². The number of hydrogen-bond donors (Lipinski definition) is 1. The molecule has 0 saturated heterocycles. The third-order valence-corrected chi connectivity index (χ3v) is 3.33. The van der Waals surface area contributed by atoms with Crippen molar-refractivity contribution in [2.45, 2.75) is 51.6 Å². The average molecular weight is 182 g/mol. The quantitative estimate of drug-likeness (QED) is 0.511. The van der Waals surface area contributed by atoms with Gasteiger partial charge in [-0.05, 0) is 37.5 Å². The van der Waals surface area contributed by atoms with Crippen molar-refractivity contribution in [3.63, 3.8) is 0 Å². The summed E-state index contributed by atoms with van der Waals surface area (Å²) in [5.41, 5.74) is 0. The van der Waals surface area contributed by atoms with Gasteiger partial charge in [0.15, 0.2) is 0 Å². The number of hydrogen-bond acceptors (Lipinski definition) is 1. The van der Waals surface area contributed by atoms with Crippen LogP contribution in [0, 0.1) is 11.8 Å². The van der Waals surface area contributed by atoms with Crippen LogP contribution in [0.1, 0.15) is 45.4 Å². The second-order valence-corrected chi connectivity index (χ2v) is 4.36. The Morgan fingerprint density at radius 3 is 2.85 bits per heavy atom. The van der Waals surface area contributed by atoms with Crippen LogP contribution in [0.25, 0.3) is 0 Å². The predicted octanol–water partition coefficient (Wildman–Crippen LogP) is 3.14. The van der Waals surface area contributed by atoms with Gasteiger partial charge in [0.1, 0.15) is 0 Å². The van der Waals surface area contributed by atoms with Crippen molar-refractivity contribution in [2.24, 2.45) is 11.8 Å². The molecule has 0 aliphatic heterocycles. The minimum absolute atomic E-state index is 0.0579. The van der Waals surface area contributed by atoms with E-state index >= 15 is 0 Å². The molecule has 0 spiro atoms. The van der Waals surface area contributed by atoms with Gasteiger partial charge < -0.3 is 5.11 Å². The molecule has 1 nitrogen and oxygen atoms in total. The summed E-state index contributed by atoms with van der Waals surface area (Å²) in [4.78, 5) is 0. The molecular weight excluding hydrogens is 160 g/mol. The van der Waals surface area contributed by atoms with E-state index in [2.05, 4.69) is 13.5 Å². The molecular formula is C12H22O. The van der Waals surface area contributed by atoms with E-state index < -0.39 is 0 Å². The van der Waals surface area contributed by atoms with Crippen molar-refractivity contribution in [3.05, 3.63) is 12.7 Å². The van der Waals surface area contributed by atoms with Crippen LogP contribution in [0.15, 0.2) is 12.7 Å². The minimum Gasteiger partial charge on any atom is -0.393 e. The largest absolute Gasteiger partial charge is 0.393 e. The lowest BCUT2D eigenvalue weighted by Crippen LogP contribution is -2.22. The Kier molecular flexibility index (Phi) is 4.51. The highest BCUT2D eigenvalue weighted by Gasteiger charge is 2.28. The lowest BCUT2D eigenvalue weighted by molar-refractivity contribution is 0.0803. The molecule has 1 aliphatic carbocycles. The molecule has 3 unspecified atom stereocenters. The molecule has 1 aliphatic rings. The summed E-state index contributed by atoms with van der Waals surface area (Å²) in [5.74, 6) is 1.31. The Balaban J connectivity index is 2.21. The van der Waals surface area contributed by atoms with Gasteiger partial charge in [-0.3, -0.25) is 0 Å². The summed E-state index contributed by atoms with van der Waals surface area (Å²) in [6.45, 7) is 5.96. The second-order valence-electron chi connectivity index (χ2n) is 4.36. The number of allylic oxidation sites excluding steroid dienone is 1. The van der Waals surface area contributed by atoms with Gasteiger partial charge in [0.05, 0.1) is 6.10 Å². The van der Waals surface area contributed by atoms with Crippen LogP contribution < -0.4 is 0 Å². The van der Waals surface area contributed by atoms with E-state index in [-0.39, 0.29) is 6.10 Å². The zero-order valence-electron chi connectivity index (χ0n) is 8.71. The molecule has 0 bridgehead atoms. The van der Waals surface area contributed by atoms with Crippen LogP contribution in [-0.4, -0.2) is 11.2 Å². The fourth-order valence-corrected chi connectivity index (χ4v) is 2.43. The number of unbranched alkanes of at least 4 members (excludes halogenated alkanes) is 1. The van der Waals surface area contributed by atoms with Crippen molar-refractivity contribution in [1.29, 1.82) is 0 Å². The maximum atomic E-state index is 9.91. The Bertz CT molecular complexity index is 153. The molecule has 1 heteroatoms. The van der Waals surface area contributed by atoms with E-state index in [1.165, 1.54) is 19.3 Å². The van der Waals surface area contributed by atoms with Gasteiger partial charge in [-0.1, -0.05) is 25.8 Å². The lowest BCUT2D eigenvalue weighted by Gasteiger charge is -2.21. The first-order valence-corrected chi connectivity index (χ1v) is 5.54. The van der Waals surface area contributed by atoms with E-state index in [0.29, 0.717) is 5.92 Å². The fraction of sp³-hybridized carbons (Fsp3) is 0.833. The van der Waals surface area contributed by atoms with E-state index in [1.807, 2.05) is 6.08 Å². The number of aliphatic hydroxyl groups is 1. The van der Waals surface area contributed by atoms with Gasteiger partial charge in [-0.15, -0.1) is 6.58 Å². The summed E-state index contributed by atoms with van der Waals surface area (Å²) in [7, 11) is 0. The second kappa shape index (κ2) is 5.43. The first kappa shape index (κ1) is 10.8. The third-order valence-electron chi connectivity index (χ3n) is 3.33. The summed E-state index contributed by atoms with van der Waals surface area (Å²) in [6, 6.07) is 0. The normalized spacial score (nSPS) is 30.3. The highest BCUT2D eigenvalue weighted by Crippen LogP contribution is 2.34. The van der Waals surface area contributed by atoms with Crippen molar-refractivity contribution in [3.8, 4) is 0 Å². The fourth-order valence-electron chi connectivity index (χ4n) is 2.43. The summed E-state index contributed by atoms with van der Waals surface area (Å²) in [5, 5.41) is 9.91.